The van der Waals surface area contributed by atoms with Crippen LogP contribution in [-0.2, 0) is 9.59 Å². The average molecular weight is 200 g/mol. The Bertz CT molecular complexity index is 173. The van der Waals surface area contributed by atoms with Crippen LogP contribution in [0.15, 0.2) is 0 Å². The van der Waals surface area contributed by atoms with E-state index in [0.29, 0.717) is 18.8 Å². The molecule has 0 saturated heterocycles. The second kappa shape index (κ2) is 7.35. The van der Waals surface area contributed by atoms with E-state index in [0.717, 1.165) is 25.7 Å². The van der Waals surface area contributed by atoms with Gasteiger partial charge in [-0.1, -0.05) is 19.8 Å². The van der Waals surface area contributed by atoms with E-state index in [1.165, 1.54) is 0 Å². The van der Waals surface area contributed by atoms with Gasteiger partial charge in [0.2, 0.25) is 11.8 Å². The molecule has 0 aromatic rings. The highest BCUT2D eigenvalue weighted by Gasteiger charge is 2.04. The van der Waals surface area contributed by atoms with Gasteiger partial charge in [-0.3, -0.25) is 9.59 Å². The Balaban J connectivity index is 3.32. The van der Waals surface area contributed by atoms with E-state index in [9.17, 15) is 9.59 Å². The quantitative estimate of drug-likeness (QED) is 0.610. The smallest absolute Gasteiger partial charge is 0.217 e. The molecule has 0 atom stereocenters. The van der Waals surface area contributed by atoms with E-state index >= 15 is 0 Å². The Morgan fingerprint density at radius 3 is 1.64 bits per heavy atom. The lowest BCUT2D eigenvalue weighted by Gasteiger charge is -2.09. The van der Waals surface area contributed by atoms with Gasteiger partial charge in [-0.25, -0.2) is 0 Å². The van der Waals surface area contributed by atoms with Crippen LogP contribution in [0, 0.1) is 5.92 Å². The topological polar surface area (TPSA) is 86.2 Å². The summed E-state index contributed by atoms with van der Waals surface area (Å²) in [6.07, 6.45) is 4.57. The van der Waals surface area contributed by atoms with Crippen molar-refractivity contribution in [3.05, 3.63) is 0 Å². The molecule has 82 valence electrons. The largest absolute Gasteiger partial charge is 0.370 e. The lowest BCUT2D eigenvalue weighted by atomic mass is 9.98. The SMILES string of the molecule is CC(CCCC(N)=O)CCCC(N)=O. The summed E-state index contributed by atoms with van der Waals surface area (Å²) in [6.45, 7) is 2.11. The highest BCUT2D eigenvalue weighted by molar-refractivity contribution is 5.73. The highest BCUT2D eigenvalue weighted by atomic mass is 16.1. The minimum atomic E-state index is -0.241. The zero-order valence-electron chi connectivity index (χ0n) is 8.79. The Morgan fingerprint density at radius 2 is 1.36 bits per heavy atom. The highest BCUT2D eigenvalue weighted by Crippen LogP contribution is 2.14. The van der Waals surface area contributed by atoms with Gasteiger partial charge in [0.15, 0.2) is 0 Å². The van der Waals surface area contributed by atoms with Gasteiger partial charge in [0, 0.05) is 12.8 Å². The first-order valence-corrected chi connectivity index (χ1v) is 5.09. The second-order valence-electron chi connectivity index (χ2n) is 3.82. The van der Waals surface area contributed by atoms with Crippen molar-refractivity contribution in [1.29, 1.82) is 0 Å². The number of amides is 2. The van der Waals surface area contributed by atoms with Crippen LogP contribution in [0.4, 0.5) is 0 Å². The molecular formula is C10H20N2O2. The van der Waals surface area contributed by atoms with Crippen LogP contribution in [0.3, 0.4) is 0 Å². The van der Waals surface area contributed by atoms with Gasteiger partial charge in [-0.05, 0) is 18.8 Å². The molecule has 4 nitrogen and oxygen atoms in total. The number of primary amides is 2. The third-order valence-corrected chi connectivity index (χ3v) is 2.24. The van der Waals surface area contributed by atoms with Crippen molar-refractivity contribution in [2.45, 2.75) is 45.4 Å². The van der Waals surface area contributed by atoms with Crippen molar-refractivity contribution in [2.24, 2.45) is 17.4 Å². The fourth-order valence-electron chi connectivity index (χ4n) is 1.39. The van der Waals surface area contributed by atoms with E-state index in [2.05, 4.69) is 6.92 Å². The number of nitrogens with two attached hydrogens (primary N) is 2. The maximum absolute atomic E-state index is 10.4. The zero-order chi connectivity index (χ0) is 11.0. The molecule has 0 aliphatic heterocycles. The summed E-state index contributed by atoms with van der Waals surface area (Å²) in [5.74, 6) is 0.0531. The van der Waals surface area contributed by atoms with Gasteiger partial charge in [0.1, 0.15) is 0 Å². The van der Waals surface area contributed by atoms with Crippen molar-refractivity contribution < 1.29 is 9.59 Å². The normalized spacial score (nSPS) is 10.4. The summed E-state index contributed by atoms with van der Waals surface area (Å²) in [4.78, 5) is 20.9. The second-order valence-corrected chi connectivity index (χ2v) is 3.82. The Kier molecular flexibility index (Phi) is 6.80. The maximum Gasteiger partial charge on any atom is 0.217 e. The molecule has 0 spiro atoms. The molecule has 0 rings (SSSR count). The molecule has 0 aromatic heterocycles. The summed E-state index contributed by atoms with van der Waals surface area (Å²) >= 11 is 0. The molecule has 0 unspecified atom stereocenters. The fraction of sp³-hybridized carbons (Fsp3) is 0.800. The molecule has 0 heterocycles. The maximum atomic E-state index is 10.4. The number of carbonyl (C=O) groups is 2. The third-order valence-electron chi connectivity index (χ3n) is 2.24. The predicted octanol–water partition coefficient (Wildman–Crippen LogP) is 0.934. The van der Waals surface area contributed by atoms with Crippen molar-refractivity contribution in [3.8, 4) is 0 Å². The van der Waals surface area contributed by atoms with Gasteiger partial charge in [0.05, 0.1) is 0 Å². The first-order chi connectivity index (χ1) is 6.52. The molecule has 4 N–H and O–H groups in total. The van der Waals surface area contributed by atoms with Gasteiger partial charge in [0.25, 0.3) is 0 Å². The van der Waals surface area contributed by atoms with Crippen molar-refractivity contribution in [1.82, 2.24) is 0 Å². The molecule has 14 heavy (non-hydrogen) atoms. The van der Waals surface area contributed by atoms with Crippen molar-refractivity contribution in [2.75, 3.05) is 0 Å². The van der Waals surface area contributed by atoms with Crippen LogP contribution < -0.4 is 11.5 Å². The number of carbonyl (C=O) groups excluding carboxylic acids is 2. The first-order valence-electron chi connectivity index (χ1n) is 5.09. The first kappa shape index (κ1) is 12.9. The molecule has 4 heteroatoms. The number of rotatable bonds is 8. The Morgan fingerprint density at radius 1 is 1.00 bits per heavy atom. The molecular weight excluding hydrogens is 180 g/mol. The van der Waals surface area contributed by atoms with E-state index in [1.54, 1.807) is 0 Å². The number of hydrogen-bond acceptors (Lipinski definition) is 2. The van der Waals surface area contributed by atoms with Gasteiger partial charge in [-0.2, -0.15) is 0 Å². The summed E-state index contributed by atoms with van der Waals surface area (Å²) in [5.41, 5.74) is 10.0. The molecule has 2 amide bonds. The average Bonchev–Trinajstić information content (AvgIpc) is 2.02. The van der Waals surface area contributed by atoms with Gasteiger partial charge < -0.3 is 11.5 Å². The lowest BCUT2D eigenvalue weighted by Crippen LogP contribution is -2.11. The van der Waals surface area contributed by atoms with Crippen LogP contribution in [0.5, 0.6) is 0 Å². The van der Waals surface area contributed by atoms with Gasteiger partial charge in [-0.15, -0.1) is 0 Å². The van der Waals surface area contributed by atoms with Crippen LogP contribution in [0.2, 0.25) is 0 Å². The van der Waals surface area contributed by atoms with E-state index in [4.69, 9.17) is 11.5 Å². The Hall–Kier alpha value is -1.06. The van der Waals surface area contributed by atoms with E-state index < -0.39 is 0 Å². The minimum absolute atomic E-state index is 0.241. The van der Waals surface area contributed by atoms with E-state index in [-0.39, 0.29) is 11.8 Å². The Labute approximate surface area is 85.0 Å². The van der Waals surface area contributed by atoms with Crippen LogP contribution in [0.1, 0.15) is 45.4 Å². The summed E-state index contributed by atoms with van der Waals surface area (Å²) in [6, 6.07) is 0. The van der Waals surface area contributed by atoms with Crippen LogP contribution in [0.25, 0.3) is 0 Å². The summed E-state index contributed by atoms with van der Waals surface area (Å²) < 4.78 is 0. The minimum Gasteiger partial charge on any atom is -0.370 e. The standard InChI is InChI=1S/C10H20N2O2/c1-8(4-2-6-9(11)13)5-3-7-10(12)14/h8H,2-7H2,1H3,(H2,11,13)(H2,12,14). The summed E-state index contributed by atoms with van der Waals surface area (Å²) in [7, 11) is 0. The van der Waals surface area contributed by atoms with Crippen LogP contribution in [-0.4, -0.2) is 11.8 Å². The molecule has 0 radical (unpaired) electrons. The monoisotopic (exact) mass is 200 g/mol. The molecule has 0 aliphatic rings. The molecule has 0 fully saturated rings. The molecule has 0 aromatic carbocycles. The molecule has 0 saturated carbocycles. The molecule has 0 aliphatic carbocycles. The lowest BCUT2D eigenvalue weighted by molar-refractivity contribution is -0.118. The van der Waals surface area contributed by atoms with Crippen molar-refractivity contribution in [3.63, 3.8) is 0 Å². The predicted molar refractivity (Wildman–Crippen MR) is 55.3 cm³/mol. The van der Waals surface area contributed by atoms with Gasteiger partial charge >= 0.3 is 0 Å². The van der Waals surface area contributed by atoms with Crippen molar-refractivity contribution >= 4 is 11.8 Å². The zero-order valence-corrected chi connectivity index (χ0v) is 8.79. The number of hydrogen-bond donors (Lipinski definition) is 2. The van der Waals surface area contributed by atoms with E-state index in [1.807, 2.05) is 0 Å². The third kappa shape index (κ3) is 9.03. The fourth-order valence-corrected chi connectivity index (χ4v) is 1.39. The molecule has 0 bridgehead atoms. The van der Waals surface area contributed by atoms with Crippen LogP contribution >= 0.6 is 0 Å². The summed E-state index contributed by atoms with van der Waals surface area (Å²) in [5, 5.41) is 0.